The van der Waals surface area contributed by atoms with E-state index in [1.165, 1.54) is 0 Å². The highest BCUT2D eigenvalue weighted by Crippen LogP contribution is 1.98. The molecule has 0 saturated heterocycles. The number of aromatic nitrogens is 1. The Kier molecular flexibility index (Phi) is 1.81. The normalized spacial score (nSPS) is 8.30. The summed E-state index contributed by atoms with van der Waals surface area (Å²) < 4.78 is 0. The van der Waals surface area contributed by atoms with Crippen LogP contribution in [0.3, 0.4) is 0 Å². The predicted octanol–water partition coefficient (Wildman–Crippen LogP) is 1.60. The van der Waals surface area contributed by atoms with Crippen LogP contribution < -0.4 is 0 Å². The minimum absolute atomic E-state index is 0.428. The third-order valence-corrected chi connectivity index (χ3v) is 1.09. The first kappa shape index (κ1) is 6.50. The van der Waals surface area contributed by atoms with Crippen LogP contribution in [-0.2, 0) is 0 Å². The van der Waals surface area contributed by atoms with E-state index in [0.717, 1.165) is 5.69 Å². The lowest BCUT2D eigenvalue weighted by molar-refractivity contribution is 1.24. The third kappa shape index (κ3) is 1.20. The van der Waals surface area contributed by atoms with Crippen molar-refractivity contribution in [1.82, 2.24) is 4.98 Å². The Bertz CT molecular complexity index is 284. The summed E-state index contributed by atoms with van der Waals surface area (Å²) in [7, 11) is 0. The van der Waals surface area contributed by atoms with Gasteiger partial charge in [-0.05, 0) is 18.2 Å². The molecule has 1 rings (SSSR count). The molecule has 0 aromatic carbocycles. The fourth-order valence-corrected chi connectivity index (χ4v) is 0.627. The van der Waals surface area contributed by atoms with Gasteiger partial charge in [0, 0.05) is 0 Å². The number of nitriles is 1. The zero-order valence-electron chi connectivity index (χ0n) is 5.41. The van der Waals surface area contributed by atoms with Gasteiger partial charge < -0.3 is 0 Å². The zero-order chi connectivity index (χ0) is 7.40. The van der Waals surface area contributed by atoms with E-state index < -0.39 is 0 Å². The molecule has 0 saturated carbocycles. The van der Waals surface area contributed by atoms with Crippen LogP contribution in [0, 0.1) is 11.3 Å². The van der Waals surface area contributed by atoms with Gasteiger partial charge in [0.25, 0.3) is 0 Å². The summed E-state index contributed by atoms with van der Waals surface area (Å²) in [6, 6.07) is 7.18. The third-order valence-electron chi connectivity index (χ3n) is 1.09. The molecular formula is C8H6N2. The number of nitrogens with zero attached hydrogens (tertiary/aromatic N) is 2. The Morgan fingerprint density at radius 1 is 1.60 bits per heavy atom. The van der Waals surface area contributed by atoms with E-state index in [1.54, 1.807) is 24.3 Å². The van der Waals surface area contributed by atoms with Gasteiger partial charge in [0.15, 0.2) is 0 Å². The molecule has 0 aliphatic heterocycles. The van der Waals surface area contributed by atoms with Crippen LogP contribution in [0.25, 0.3) is 6.08 Å². The van der Waals surface area contributed by atoms with Crippen molar-refractivity contribution in [2.45, 2.75) is 0 Å². The SMILES string of the molecule is C=Cc1cccc(C#N)n1. The predicted molar refractivity (Wildman–Crippen MR) is 39.0 cm³/mol. The molecule has 10 heavy (non-hydrogen) atoms. The fourth-order valence-electron chi connectivity index (χ4n) is 0.627. The van der Waals surface area contributed by atoms with Gasteiger partial charge in [-0.1, -0.05) is 12.6 Å². The molecule has 2 nitrogen and oxygen atoms in total. The van der Waals surface area contributed by atoms with Crippen molar-refractivity contribution in [3.63, 3.8) is 0 Å². The zero-order valence-corrected chi connectivity index (χ0v) is 5.41. The molecule has 0 unspecified atom stereocenters. The van der Waals surface area contributed by atoms with Gasteiger partial charge in [-0.15, -0.1) is 0 Å². The largest absolute Gasteiger partial charge is 0.238 e. The lowest BCUT2D eigenvalue weighted by Crippen LogP contribution is -1.83. The van der Waals surface area contributed by atoms with E-state index in [4.69, 9.17) is 5.26 Å². The maximum atomic E-state index is 8.41. The summed E-state index contributed by atoms with van der Waals surface area (Å²) in [5.41, 5.74) is 1.16. The molecule has 48 valence electrons. The molecule has 1 aromatic heterocycles. The molecule has 2 heteroatoms. The molecular weight excluding hydrogens is 124 g/mol. The molecule has 1 aromatic rings. The Labute approximate surface area is 59.4 Å². The van der Waals surface area contributed by atoms with Crippen molar-refractivity contribution in [3.8, 4) is 6.07 Å². The smallest absolute Gasteiger partial charge is 0.141 e. The Morgan fingerprint density at radius 3 is 3.00 bits per heavy atom. The molecule has 0 fully saturated rings. The van der Waals surface area contributed by atoms with Crippen molar-refractivity contribution < 1.29 is 0 Å². The second-order valence-corrected chi connectivity index (χ2v) is 1.76. The van der Waals surface area contributed by atoms with Gasteiger partial charge in [-0.2, -0.15) is 5.26 Å². The van der Waals surface area contributed by atoms with Crippen molar-refractivity contribution in [3.05, 3.63) is 36.2 Å². The van der Waals surface area contributed by atoms with Crippen LogP contribution in [-0.4, -0.2) is 4.98 Å². The van der Waals surface area contributed by atoms with Crippen LogP contribution >= 0.6 is 0 Å². The summed E-state index contributed by atoms with van der Waals surface area (Å²) >= 11 is 0. The number of rotatable bonds is 1. The van der Waals surface area contributed by atoms with E-state index in [0.29, 0.717) is 5.69 Å². The molecule has 0 aliphatic rings. The molecule has 0 N–H and O–H groups in total. The summed E-state index contributed by atoms with van der Waals surface area (Å²) in [5.74, 6) is 0. The number of pyridine rings is 1. The first-order chi connectivity index (χ1) is 4.86. The van der Waals surface area contributed by atoms with E-state index in [2.05, 4.69) is 11.6 Å². The van der Waals surface area contributed by atoms with E-state index in [1.807, 2.05) is 6.07 Å². The standard InChI is InChI=1S/C8H6N2/c1-2-7-4-3-5-8(6-9)10-7/h2-5H,1H2. The van der Waals surface area contributed by atoms with Crippen LogP contribution in [0.15, 0.2) is 24.8 Å². The highest BCUT2D eigenvalue weighted by Gasteiger charge is 1.89. The molecule has 0 spiro atoms. The van der Waals surface area contributed by atoms with Crippen LogP contribution in [0.4, 0.5) is 0 Å². The van der Waals surface area contributed by atoms with Crippen molar-refractivity contribution in [2.24, 2.45) is 0 Å². The van der Waals surface area contributed by atoms with Crippen LogP contribution in [0.1, 0.15) is 11.4 Å². The quantitative estimate of drug-likeness (QED) is 0.578. The van der Waals surface area contributed by atoms with Crippen LogP contribution in [0.5, 0.6) is 0 Å². The maximum Gasteiger partial charge on any atom is 0.141 e. The van der Waals surface area contributed by atoms with Gasteiger partial charge in [0.1, 0.15) is 11.8 Å². The van der Waals surface area contributed by atoms with Gasteiger partial charge in [-0.25, -0.2) is 4.98 Å². The number of hydrogen-bond acceptors (Lipinski definition) is 2. The summed E-state index contributed by atoms with van der Waals surface area (Å²) in [6.07, 6.45) is 1.61. The minimum atomic E-state index is 0.428. The molecule has 0 bridgehead atoms. The monoisotopic (exact) mass is 130 g/mol. The van der Waals surface area contributed by atoms with Crippen molar-refractivity contribution in [1.29, 1.82) is 5.26 Å². The maximum absolute atomic E-state index is 8.41. The Balaban J connectivity index is 3.13. The van der Waals surface area contributed by atoms with Gasteiger partial charge in [-0.3, -0.25) is 0 Å². The van der Waals surface area contributed by atoms with Gasteiger partial charge >= 0.3 is 0 Å². The highest BCUT2D eigenvalue weighted by atomic mass is 14.7. The summed E-state index contributed by atoms with van der Waals surface area (Å²) in [6.45, 7) is 3.53. The van der Waals surface area contributed by atoms with Crippen LogP contribution in [0.2, 0.25) is 0 Å². The van der Waals surface area contributed by atoms with E-state index in [9.17, 15) is 0 Å². The van der Waals surface area contributed by atoms with Crippen molar-refractivity contribution in [2.75, 3.05) is 0 Å². The van der Waals surface area contributed by atoms with E-state index in [-0.39, 0.29) is 0 Å². The average Bonchev–Trinajstić information content (AvgIpc) is 2.05. The highest BCUT2D eigenvalue weighted by molar-refractivity contribution is 5.42. The van der Waals surface area contributed by atoms with E-state index >= 15 is 0 Å². The second-order valence-electron chi connectivity index (χ2n) is 1.76. The topological polar surface area (TPSA) is 36.7 Å². The fraction of sp³-hybridized carbons (Fsp3) is 0. The Morgan fingerprint density at radius 2 is 2.40 bits per heavy atom. The van der Waals surface area contributed by atoms with Gasteiger partial charge in [0.2, 0.25) is 0 Å². The average molecular weight is 130 g/mol. The van der Waals surface area contributed by atoms with Crippen molar-refractivity contribution >= 4 is 6.08 Å². The Hall–Kier alpha value is -1.62. The first-order valence-electron chi connectivity index (χ1n) is 2.86. The minimum Gasteiger partial charge on any atom is -0.238 e. The molecule has 0 atom stereocenters. The molecule has 0 amide bonds. The number of hydrogen-bond donors (Lipinski definition) is 0. The van der Waals surface area contributed by atoms with Gasteiger partial charge in [0.05, 0.1) is 5.69 Å². The first-order valence-corrected chi connectivity index (χ1v) is 2.86. The molecule has 0 radical (unpaired) electrons. The second kappa shape index (κ2) is 2.79. The lowest BCUT2D eigenvalue weighted by Gasteiger charge is -1.89. The lowest BCUT2D eigenvalue weighted by atomic mass is 10.3. The molecule has 1 heterocycles. The summed E-state index contributed by atoms with van der Waals surface area (Å²) in [4.78, 5) is 3.93. The molecule has 0 aliphatic carbocycles. The summed E-state index contributed by atoms with van der Waals surface area (Å²) in [5, 5.41) is 8.41.